The summed E-state index contributed by atoms with van der Waals surface area (Å²) in [5.41, 5.74) is 2.96. The first-order chi connectivity index (χ1) is 9.91. The van der Waals surface area contributed by atoms with Crippen molar-refractivity contribution in [3.8, 4) is 0 Å². The van der Waals surface area contributed by atoms with Crippen LogP contribution in [0.1, 0.15) is 24.2 Å². The van der Waals surface area contributed by atoms with Crippen molar-refractivity contribution in [2.45, 2.75) is 20.0 Å². The molecule has 0 saturated heterocycles. The summed E-state index contributed by atoms with van der Waals surface area (Å²) < 4.78 is 0. The van der Waals surface area contributed by atoms with Gasteiger partial charge in [0.25, 0.3) is 5.69 Å². The second kappa shape index (κ2) is 5.93. The van der Waals surface area contributed by atoms with Gasteiger partial charge in [-0.1, -0.05) is 24.3 Å². The third-order valence-electron chi connectivity index (χ3n) is 3.52. The van der Waals surface area contributed by atoms with E-state index in [1.165, 1.54) is 6.07 Å². The van der Waals surface area contributed by atoms with E-state index in [4.69, 9.17) is 0 Å². The van der Waals surface area contributed by atoms with Gasteiger partial charge in [0.05, 0.1) is 11.0 Å². The molecule has 5 heteroatoms. The molecule has 21 heavy (non-hydrogen) atoms. The normalized spacial score (nSPS) is 12.0. The highest BCUT2D eigenvalue weighted by Crippen LogP contribution is 2.35. The molecule has 2 rings (SSSR count). The number of aryl methyl sites for hydroxylation is 1. The quantitative estimate of drug-likeness (QED) is 0.687. The van der Waals surface area contributed by atoms with Crippen LogP contribution in [-0.2, 0) is 0 Å². The molecule has 1 unspecified atom stereocenters. The summed E-state index contributed by atoms with van der Waals surface area (Å²) >= 11 is 0. The zero-order valence-corrected chi connectivity index (χ0v) is 12.3. The SMILES string of the molecule is Cc1ccccc1N(C)c1ccc(C(C)O)cc1[N+](=O)[O-]. The van der Waals surface area contributed by atoms with E-state index in [-0.39, 0.29) is 5.69 Å². The average molecular weight is 286 g/mol. The molecule has 0 aliphatic heterocycles. The van der Waals surface area contributed by atoms with E-state index < -0.39 is 11.0 Å². The van der Waals surface area contributed by atoms with Crippen molar-refractivity contribution >= 4 is 17.1 Å². The summed E-state index contributed by atoms with van der Waals surface area (Å²) in [6, 6.07) is 12.5. The average Bonchev–Trinajstić information content (AvgIpc) is 2.46. The Morgan fingerprint density at radius 1 is 1.19 bits per heavy atom. The highest BCUT2D eigenvalue weighted by molar-refractivity contribution is 5.73. The molecular formula is C16H18N2O3. The van der Waals surface area contributed by atoms with E-state index in [9.17, 15) is 15.2 Å². The van der Waals surface area contributed by atoms with Crippen LogP contribution in [0.3, 0.4) is 0 Å². The molecule has 0 amide bonds. The molecule has 0 aliphatic rings. The van der Waals surface area contributed by atoms with Crippen LogP contribution in [0.15, 0.2) is 42.5 Å². The minimum atomic E-state index is -0.735. The lowest BCUT2D eigenvalue weighted by Crippen LogP contribution is -2.13. The smallest absolute Gasteiger partial charge is 0.293 e. The molecule has 110 valence electrons. The Bertz CT molecular complexity index is 668. The fourth-order valence-electron chi connectivity index (χ4n) is 2.30. The van der Waals surface area contributed by atoms with Crippen molar-refractivity contribution < 1.29 is 10.0 Å². The first-order valence-corrected chi connectivity index (χ1v) is 6.67. The maximum Gasteiger partial charge on any atom is 0.293 e. The largest absolute Gasteiger partial charge is 0.389 e. The van der Waals surface area contributed by atoms with E-state index in [0.29, 0.717) is 11.3 Å². The van der Waals surface area contributed by atoms with Gasteiger partial charge in [-0.2, -0.15) is 0 Å². The number of anilines is 2. The minimum Gasteiger partial charge on any atom is -0.389 e. The van der Waals surface area contributed by atoms with Crippen LogP contribution < -0.4 is 4.90 Å². The molecule has 2 aromatic rings. The lowest BCUT2D eigenvalue weighted by molar-refractivity contribution is -0.384. The van der Waals surface area contributed by atoms with Gasteiger partial charge in [-0.15, -0.1) is 0 Å². The molecule has 1 N–H and O–H groups in total. The van der Waals surface area contributed by atoms with Crippen LogP contribution in [-0.4, -0.2) is 17.1 Å². The lowest BCUT2D eigenvalue weighted by atomic mass is 10.1. The number of nitro benzene ring substituents is 1. The van der Waals surface area contributed by atoms with Gasteiger partial charge in [-0.25, -0.2) is 0 Å². The molecular weight excluding hydrogens is 268 g/mol. The molecule has 0 fully saturated rings. The molecule has 1 atom stereocenters. The first kappa shape index (κ1) is 15.0. The van der Waals surface area contributed by atoms with Crippen LogP contribution >= 0.6 is 0 Å². The lowest BCUT2D eigenvalue weighted by Gasteiger charge is -2.22. The van der Waals surface area contributed by atoms with Gasteiger partial charge in [0.1, 0.15) is 5.69 Å². The molecule has 5 nitrogen and oxygen atoms in total. The second-order valence-electron chi connectivity index (χ2n) is 5.03. The number of hydrogen-bond acceptors (Lipinski definition) is 4. The summed E-state index contributed by atoms with van der Waals surface area (Å²) in [6.07, 6.45) is -0.735. The summed E-state index contributed by atoms with van der Waals surface area (Å²) in [6.45, 7) is 3.55. The number of aliphatic hydroxyl groups is 1. The molecule has 2 aromatic carbocycles. The van der Waals surface area contributed by atoms with Crippen molar-refractivity contribution in [3.63, 3.8) is 0 Å². The van der Waals surface area contributed by atoms with E-state index >= 15 is 0 Å². The van der Waals surface area contributed by atoms with Crippen molar-refractivity contribution in [3.05, 3.63) is 63.7 Å². The molecule has 0 saturated carbocycles. The topological polar surface area (TPSA) is 66.6 Å². The molecule has 0 aromatic heterocycles. The van der Waals surface area contributed by atoms with Crippen LogP contribution in [0.25, 0.3) is 0 Å². The Morgan fingerprint density at radius 2 is 1.86 bits per heavy atom. The van der Waals surface area contributed by atoms with Gasteiger partial charge in [0.15, 0.2) is 0 Å². The van der Waals surface area contributed by atoms with Gasteiger partial charge in [0.2, 0.25) is 0 Å². The summed E-state index contributed by atoms with van der Waals surface area (Å²) in [5.74, 6) is 0. The second-order valence-corrected chi connectivity index (χ2v) is 5.03. The maximum absolute atomic E-state index is 11.3. The van der Waals surface area contributed by atoms with Crippen LogP contribution in [0.4, 0.5) is 17.1 Å². The Hall–Kier alpha value is -2.40. The number of hydrogen-bond donors (Lipinski definition) is 1. The fraction of sp³-hybridized carbons (Fsp3) is 0.250. The highest BCUT2D eigenvalue weighted by Gasteiger charge is 2.20. The van der Waals surface area contributed by atoms with Crippen molar-refractivity contribution in [1.29, 1.82) is 0 Å². The number of nitrogens with zero attached hydrogens (tertiary/aromatic N) is 2. The van der Waals surface area contributed by atoms with E-state index in [0.717, 1.165) is 11.3 Å². The van der Waals surface area contributed by atoms with Crippen LogP contribution in [0.2, 0.25) is 0 Å². The highest BCUT2D eigenvalue weighted by atomic mass is 16.6. The molecule has 0 bridgehead atoms. The zero-order chi connectivity index (χ0) is 15.6. The van der Waals surface area contributed by atoms with Crippen LogP contribution in [0.5, 0.6) is 0 Å². The molecule has 0 radical (unpaired) electrons. The third-order valence-corrected chi connectivity index (χ3v) is 3.52. The van der Waals surface area contributed by atoms with Gasteiger partial charge < -0.3 is 10.0 Å². The number of benzene rings is 2. The monoisotopic (exact) mass is 286 g/mol. The Labute approximate surface area is 123 Å². The Balaban J connectivity index is 2.53. The van der Waals surface area contributed by atoms with Gasteiger partial charge in [0, 0.05) is 18.8 Å². The Kier molecular flexibility index (Phi) is 4.23. The van der Waals surface area contributed by atoms with Gasteiger partial charge in [-0.3, -0.25) is 10.1 Å². The van der Waals surface area contributed by atoms with E-state index in [1.54, 1.807) is 31.0 Å². The van der Waals surface area contributed by atoms with Gasteiger partial charge in [-0.05, 0) is 37.1 Å². The number of rotatable bonds is 4. The first-order valence-electron chi connectivity index (χ1n) is 6.67. The number of nitro groups is 1. The predicted molar refractivity (Wildman–Crippen MR) is 83.0 cm³/mol. The van der Waals surface area contributed by atoms with Crippen molar-refractivity contribution in [2.24, 2.45) is 0 Å². The van der Waals surface area contributed by atoms with Crippen molar-refractivity contribution in [1.82, 2.24) is 0 Å². The number of para-hydroxylation sites is 1. The summed E-state index contributed by atoms with van der Waals surface area (Å²) in [7, 11) is 1.80. The standard InChI is InChI=1S/C16H18N2O3/c1-11-6-4-5-7-14(11)17(3)15-9-8-13(12(2)19)10-16(15)18(20)21/h4-10,12,19H,1-3H3. The van der Waals surface area contributed by atoms with E-state index in [2.05, 4.69) is 0 Å². The van der Waals surface area contributed by atoms with Crippen molar-refractivity contribution in [2.75, 3.05) is 11.9 Å². The molecule has 0 heterocycles. The maximum atomic E-state index is 11.3. The van der Waals surface area contributed by atoms with Gasteiger partial charge >= 0.3 is 0 Å². The molecule has 0 aliphatic carbocycles. The van der Waals surface area contributed by atoms with Crippen LogP contribution in [0, 0.1) is 17.0 Å². The summed E-state index contributed by atoms with van der Waals surface area (Å²) in [4.78, 5) is 12.7. The van der Waals surface area contributed by atoms with E-state index in [1.807, 2.05) is 31.2 Å². The number of aliphatic hydroxyl groups excluding tert-OH is 1. The predicted octanol–water partition coefficient (Wildman–Crippen LogP) is 3.72. The molecule has 0 spiro atoms. The summed E-state index contributed by atoms with van der Waals surface area (Å²) in [5, 5.41) is 20.9. The third kappa shape index (κ3) is 3.03. The minimum absolute atomic E-state index is 0.0147. The Morgan fingerprint density at radius 3 is 2.43 bits per heavy atom. The fourth-order valence-corrected chi connectivity index (χ4v) is 2.30. The zero-order valence-electron chi connectivity index (χ0n) is 12.3.